The predicted octanol–water partition coefficient (Wildman–Crippen LogP) is 3.40. The van der Waals surface area contributed by atoms with E-state index in [0.29, 0.717) is 6.04 Å². The van der Waals surface area contributed by atoms with E-state index in [-0.39, 0.29) is 0 Å². The van der Waals surface area contributed by atoms with E-state index in [1.807, 2.05) is 6.07 Å². The molecule has 3 rings (SSSR count). The number of nitrogens with one attached hydrogen (secondary N) is 1. The SMILES string of the molecule is Clc1ccc2c(c1)CCC2NCCN1CCCCC1. The van der Waals surface area contributed by atoms with E-state index < -0.39 is 0 Å². The fourth-order valence-electron chi connectivity index (χ4n) is 3.38. The summed E-state index contributed by atoms with van der Waals surface area (Å²) in [6.07, 6.45) is 6.56. The summed E-state index contributed by atoms with van der Waals surface area (Å²) in [5.74, 6) is 0. The van der Waals surface area contributed by atoms with Crippen molar-refractivity contribution in [2.24, 2.45) is 0 Å². The largest absolute Gasteiger partial charge is 0.309 e. The van der Waals surface area contributed by atoms with Gasteiger partial charge in [0.05, 0.1) is 0 Å². The Kier molecular flexibility index (Phi) is 4.42. The molecule has 104 valence electrons. The molecule has 0 bridgehead atoms. The summed E-state index contributed by atoms with van der Waals surface area (Å²) in [6, 6.07) is 6.88. The van der Waals surface area contributed by atoms with Crippen molar-refractivity contribution >= 4 is 11.6 Å². The van der Waals surface area contributed by atoms with E-state index >= 15 is 0 Å². The third-order valence-electron chi connectivity index (χ3n) is 4.45. The molecule has 0 radical (unpaired) electrons. The maximum atomic E-state index is 6.05. The van der Waals surface area contributed by atoms with Crippen LogP contribution in [0.15, 0.2) is 18.2 Å². The van der Waals surface area contributed by atoms with Gasteiger partial charge in [0.2, 0.25) is 0 Å². The number of benzene rings is 1. The number of likely N-dealkylation sites (tertiary alicyclic amines) is 1. The van der Waals surface area contributed by atoms with E-state index in [4.69, 9.17) is 11.6 Å². The summed E-state index contributed by atoms with van der Waals surface area (Å²) < 4.78 is 0. The van der Waals surface area contributed by atoms with Gasteiger partial charge >= 0.3 is 0 Å². The topological polar surface area (TPSA) is 15.3 Å². The normalized spacial score (nSPS) is 23.5. The Hall–Kier alpha value is -0.570. The second kappa shape index (κ2) is 6.25. The van der Waals surface area contributed by atoms with Crippen LogP contribution < -0.4 is 5.32 Å². The van der Waals surface area contributed by atoms with Crippen molar-refractivity contribution in [3.05, 3.63) is 34.3 Å². The van der Waals surface area contributed by atoms with E-state index in [0.717, 1.165) is 18.0 Å². The van der Waals surface area contributed by atoms with Crippen LogP contribution >= 0.6 is 11.6 Å². The minimum Gasteiger partial charge on any atom is -0.309 e. The lowest BCUT2D eigenvalue weighted by Crippen LogP contribution is -2.36. The molecule has 1 heterocycles. The van der Waals surface area contributed by atoms with Gasteiger partial charge in [-0.05, 0) is 62.0 Å². The van der Waals surface area contributed by atoms with Gasteiger partial charge in [0, 0.05) is 24.2 Å². The molecular formula is C16H23ClN2. The van der Waals surface area contributed by atoms with Crippen LogP contribution in [0.5, 0.6) is 0 Å². The second-order valence-electron chi connectivity index (χ2n) is 5.79. The van der Waals surface area contributed by atoms with Crippen molar-refractivity contribution in [2.75, 3.05) is 26.2 Å². The molecule has 0 spiro atoms. The van der Waals surface area contributed by atoms with Crippen LogP contribution in [0.1, 0.15) is 42.9 Å². The summed E-state index contributed by atoms with van der Waals surface area (Å²) in [5.41, 5.74) is 2.89. The molecule has 2 nitrogen and oxygen atoms in total. The van der Waals surface area contributed by atoms with Gasteiger partial charge in [0.15, 0.2) is 0 Å². The lowest BCUT2D eigenvalue weighted by molar-refractivity contribution is 0.226. The third-order valence-corrected chi connectivity index (χ3v) is 4.69. The number of piperidine rings is 1. The highest BCUT2D eigenvalue weighted by atomic mass is 35.5. The monoisotopic (exact) mass is 278 g/mol. The minimum atomic E-state index is 0.539. The van der Waals surface area contributed by atoms with Gasteiger partial charge in [-0.25, -0.2) is 0 Å². The van der Waals surface area contributed by atoms with Gasteiger partial charge in [-0.1, -0.05) is 24.1 Å². The summed E-state index contributed by atoms with van der Waals surface area (Å²) >= 11 is 6.05. The Balaban J connectivity index is 1.49. The van der Waals surface area contributed by atoms with Crippen molar-refractivity contribution in [3.8, 4) is 0 Å². The molecule has 1 aromatic carbocycles. The van der Waals surface area contributed by atoms with Crippen LogP contribution in [-0.2, 0) is 6.42 Å². The summed E-state index contributed by atoms with van der Waals surface area (Å²) in [4.78, 5) is 2.59. The number of hydrogen-bond donors (Lipinski definition) is 1. The minimum absolute atomic E-state index is 0.539. The smallest absolute Gasteiger partial charge is 0.0408 e. The molecule has 1 unspecified atom stereocenters. The zero-order valence-corrected chi connectivity index (χ0v) is 12.3. The number of halogens is 1. The number of rotatable bonds is 4. The quantitative estimate of drug-likeness (QED) is 0.908. The first kappa shape index (κ1) is 13.4. The molecule has 1 aromatic rings. The fraction of sp³-hybridized carbons (Fsp3) is 0.625. The molecule has 1 fully saturated rings. The number of aryl methyl sites for hydroxylation is 1. The molecule has 1 aliphatic heterocycles. The first-order valence-corrected chi connectivity index (χ1v) is 7.95. The fourth-order valence-corrected chi connectivity index (χ4v) is 3.57. The lowest BCUT2D eigenvalue weighted by Gasteiger charge is -2.27. The Morgan fingerprint density at radius 1 is 1.21 bits per heavy atom. The van der Waals surface area contributed by atoms with Crippen molar-refractivity contribution < 1.29 is 0 Å². The summed E-state index contributed by atoms with van der Waals surface area (Å²) in [7, 11) is 0. The maximum Gasteiger partial charge on any atom is 0.0408 e. The Labute approximate surface area is 121 Å². The number of fused-ring (bicyclic) bond motifs is 1. The van der Waals surface area contributed by atoms with E-state index in [1.165, 1.54) is 56.4 Å². The van der Waals surface area contributed by atoms with E-state index in [2.05, 4.69) is 22.3 Å². The van der Waals surface area contributed by atoms with Crippen LogP contribution in [0, 0.1) is 0 Å². The van der Waals surface area contributed by atoms with Crippen molar-refractivity contribution in [2.45, 2.75) is 38.1 Å². The maximum absolute atomic E-state index is 6.05. The van der Waals surface area contributed by atoms with Gasteiger partial charge in [0.25, 0.3) is 0 Å². The zero-order valence-electron chi connectivity index (χ0n) is 11.5. The summed E-state index contributed by atoms with van der Waals surface area (Å²) in [6.45, 7) is 4.88. The Morgan fingerprint density at radius 3 is 2.89 bits per heavy atom. The van der Waals surface area contributed by atoms with E-state index in [9.17, 15) is 0 Å². The van der Waals surface area contributed by atoms with Gasteiger partial charge < -0.3 is 10.2 Å². The highest BCUT2D eigenvalue weighted by molar-refractivity contribution is 6.30. The first-order chi connectivity index (χ1) is 9.33. The van der Waals surface area contributed by atoms with E-state index in [1.54, 1.807) is 0 Å². The van der Waals surface area contributed by atoms with Crippen molar-refractivity contribution in [1.29, 1.82) is 0 Å². The van der Waals surface area contributed by atoms with Crippen molar-refractivity contribution in [1.82, 2.24) is 10.2 Å². The van der Waals surface area contributed by atoms with Crippen LogP contribution in [0.2, 0.25) is 5.02 Å². The first-order valence-electron chi connectivity index (χ1n) is 7.57. The second-order valence-corrected chi connectivity index (χ2v) is 6.23. The molecule has 19 heavy (non-hydrogen) atoms. The molecule has 1 atom stereocenters. The highest BCUT2D eigenvalue weighted by Gasteiger charge is 2.22. The average Bonchev–Trinajstić information content (AvgIpc) is 2.82. The molecule has 0 saturated carbocycles. The lowest BCUT2D eigenvalue weighted by atomic mass is 10.1. The Morgan fingerprint density at radius 2 is 2.05 bits per heavy atom. The molecule has 3 heteroatoms. The predicted molar refractivity (Wildman–Crippen MR) is 80.8 cm³/mol. The van der Waals surface area contributed by atoms with Gasteiger partial charge in [-0.15, -0.1) is 0 Å². The Bertz CT molecular complexity index is 427. The molecule has 1 N–H and O–H groups in total. The number of hydrogen-bond acceptors (Lipinski definition) is 2. The van der Waals surface area contributed by atoms with Gasteiger partial charge in [0.1, 0.15) is 0 Å². The summed E-state index contributed by atoms with van der Waals surface area (Å²) in [5, 5.41) is 4.59. The molecule has 1 aliphatic carbocycles. The molecule has 0 amide bonds. The molecule has 0 aromatic heterocycles. The molecule has 2 aliphatic rings. The highest BCUT2D eigenvalue weighted by Crippen LogP contribution is 2.32. The molecular weight excluding hydrogens is 256 g/mol. The third kappa shape index (κ3) is 3.31. The standard InChI is InChI=1S/C16H23ClN2/c17-14-5-6-15-13(12-14)4-7-16(15)18-8-11-19-9-2-1-3-10-19/h5-6,12,16,18H,1-4,7-11H2. The van der Waals surface area contributed by atoms with Crippen LogP contribution in [0.25, 0.3) is 0 Å². The van der Waals surface area contributed by atoms with Gasteiger partial charge in [-0.2, -0.15) is 0 Å². The van der Waals surface area contributed by atoms with Crippen LogP contribution in [0.4, 0.5) is 0 Å². The number of nitrogens with zero attached hydrogens (tertiary/aromatic N) is 1. The zero-order chi connectivity index (χ0) is 13.1. The van der Waals surface area contributed by atoms with Gasteiger partial charge in [-0.3, -0.25) is 0 Å². The van der Waals surface area contributed by atoms with Crippen LogP contribution in [-0.4, -0.2) is 31.1 Å². The average molecular weight is 279 g/mol. The molecule has 1 saturated heterocycles. The van der Waals surface area contributed by atoms with Crippen molar-refractivity contribution in [3.63, 3.8) is 0 Å². The van der Waals surface area contributed by atoms with Crippen LogP contribution in [0.3, 0.4) is 0 Å².